The fourth-order valence-electron chi connectivity index (χ4n) is 1.80. The topological polar surface area (TPSA) is 12.5 Å². The zero-order valence-electron chi connectivity index (χ0n) is 8.39. The molecule has 1 saturated heterocycles. The average Bonchev–Trinajstić information content (AvgIpc) is 2.51. The Morgan fingerprint density at radius 2 is 2.13 bits per heavy atom. The Morgan fingerprint density at radius 3 is 2.73 bits per heavy atom. The zero-order chi connectivity index (χ0) is 11.3. The van der Waals surface area contributed by atoms with Gasteiger partial charge < -0.3 is 4.90 Å². The first kappa shape index (κ1) is 13.1. The Balaban J connectivity index is 2.09. The minimum absolute atomic E-state index is 0.281. The van der Waals surface area contributed by atoms with Crippen molar-refractivity contribution >= 4 is 11.6 Å². The van der Waals surface area contributed by atoms with Crippen LogP contribution >= 0.6 is 11.6 Å². The molecule has 1 fully saturated rings. The highest BCUT2D eigenvalue weighted by atomic mass is 35.5. The van der Waals surface area contributed by atoms with Crippen LogP contribution in [0.3, 0.4) is 0 Å². The van der Waals surface area contributed by atoms with E-state index in [1.807, 2.05) is 4.90 Å². The molecule has 0 aromatic rings. The fourth-order valence-corrected chi connectivity index (χ4v) is 2.10. The monoisotopic (exact) mass is 245 g/mol. The van der Waals surface area contributed by atoms with Crippen LogP contribution in [-0.4, -0.2) is 43.4 Å². The third kappa shape index (κ3) is 5.58. The minimum Gasteiger partial charge on any atom is -0.301 e. The van der Waals surface area contributed by atoms with Gasteiger partial charge in [-0.15, -0.1) is 24.8 Å². The molecular formula is C9H15ClF3NO. The molecule has 0 saturated carbocycles. The first-order valence-electron chi connectivity index (χ1n) is 5.00. The highest BCUT2D eigenvalue weighted by Gasteiger charge is 2.29. The van der Waals surface area contributed by atoms with Gasteiger partial charge in [-0.1, -0.05) is 0 Å². The van der Waals surface area contributed by atoms with E-state index in [9.17, 15) is 13.2 Å². The maximum Gasteiger partial charge on any atom is 0.522 e. The van der Waals surface area contributed by atoms with Gasteiger partial charge in [0, 0.05) is 19.0 Å². The molecule has 15 heavy (non-hydrogen) atoms. The molecule has 0 radical (unpaired) electrons. The quantitative estimate of drug-likeness (QED) is 0.690. The molecule has 1 heterocycles. The van der Waals surface area contributed by atoms with Gasteiger partial charge in [0.15, 0.2) is 0 Å². The lowest BCUT2D eigenvalue weighted by atomic mass is 10.1. The molecule has 1 aliphatic heterocycles. The second-order valence-electron chi connectivity index (χ2n) is 3.73. The van der Waals surface area contributed by atoms with Gasteiger partial charge in [-0.2, -0.15) is 0 Å². The first-order chi connectivity index (χ1) is 7.01. The molecule has 1 rings (SSSR count). The summed E-state index contributed by atoms with van der Waals surface area (Å²) >= 11 is 5.60. The highest BCUT2D eigenvalue weighted by molar-refractivity contribution is 6.17. The van der Waals surface area contributed by atoms with E-state index in [-0.39, 0.29) is 6.61 Å². The molecule has 0 bridgehead atoms. The highest BCUT2D eigenvalue weighted by Crippen LogP contribution is 2.20. The van der Waals surface area contributed by atoms with Gasteiger partial charge in [-0.25, -0.2) is 0 Å². The van der Waals surface area contributed by atoms with E-state index in [0.717, 1.165) is 25.9 Å². The van der Waals surface area contributed by atoms with E-state index in [1.165, 1.54) is 0 Å². The second-order valence-corrected chi connectivity index (χ2v) is 4.11. The van der Waals surface area contributed by atoms with Crippen LogP contribution in [0.15, 0.2) is 0 Å². The Bertz CT molecular complexity index is 189. The molecule has 0 aliphatic carbocycles. The third-order valence-electron chi connectivity index (χ3n) is 2.56. The number of hydrogen-bond acceptors (Lipinski definition) is 2. The zero-order valence-corrected chi connectivity index (χ0v) is 9.15. The maximum atomic E-state index is 11.7. The van der Waals surface area contributed by atoms with Gasteiger partial charge in [-0.3, -0.25) is 4.74 Å². The summed E-state index contributed by atoms with van der Waals surface area (Å²) in [6, 6.07) is 0. The van der Waals surface area contributed by atoms with Crippen molar-refractivity contribution in [2.75, 3.05) is 32.1 Å². The molecule has 90 valence electrons. The fraction of sp³-hybridized carbons (Fsp3) is 1.00. The molecule has 0 aromatic carbocycles. The first-order valence-corrected chi connectivity index (χ1v) is 5.53. The molecule has 0 spiro atoms. The van der Waals surface area contributed by atoms with E-state index in [4.69, 9.17) is 11.6 Å². The summed E-state index contributed by atoms with van der Waals surface area (Å²) in [7, 11) is 0. The molecule has 1 unspecified atom stereocenters. The lowest BCUT2D eigenvalue weighted by Gasteiger charge is -2.16. The molecule has 0 aromatic heterocycles. The summed E-state index contributed by atoms with van der Waals surface area (Å²) in [5, 5.41) is 0. The summed E-state index contributed by atoms with van der Waals surface area (Å²) < 4.78 is 38.7. The van der Waals surface area contributed by atoms with E-state index >= 15 is 0 Å². The van der Waals surface area contributed by atoms with E-state index in [1.54, 1.807) is 0 Å². The largest absolute Gasteiger partial charge is 0.522 e. The van der Waals surface area contributed by atoms with Gasteiger partial charge in [-0.05, 0) is 25.3 Å². The second kappa shape index (κ2) is 5.92. The number of alkyl halides is 4. The predicted octanol–water partition coefficient (Wildman–Crippen LogP) is 2.47. The van der Waals surface area contributed by atoms with E-state index in [0.29, 0.717) is 18.3 Å². The van der Waals surface area contributed by atoms with Crippen molar-refractivity contribution in [2.24, 2.45) is 5.92 Å². The van der Waals surface area contributed by atoms with Crippen LogP contribution in [-0.2, 0) is 4.74 Å². The van der Waals surface area contributed by atoms with Crippen molar-refractivity contribution in [2.45, 2.75) is 19.2 Å². The van der Waals surface area contributed by atoms with E-state index in [2.05, 4.69) is 4.74 Å². The Labute approximate surface area is 92.3 Å². The van der Waals surface area contributed by atoms with Crippen LogP contribution in [0.2, 0.25) is 0 Å². The van der Waals surface area contributed by atoms with Crippen LogP contribution in [0, 0.1) is 5.92 Å². The number of hydrogen-bond donors (Lipinski definition) is 0. The number of halogens is 4. The summed E-state index contributed by atoms with van der Waals surface area (Å²) in [6.07, 6.45) is -2.54. The average molecular weight is 246 g/mol. The van der Waals surface area contributed by atoms with Crippen LogP contribution < -0.4 is 0 Å². The minimum atomic E-state index is -4.50. The van der Waals surface area contributed by atoms with Crippen LogP contribution in [0.25, 0.3) is 0 Å². The van der Waals surface area contributed by atoms with Crippen LogP contribution in [0.5, 0.6) is 0 Å². The maximum absolute atomic E-state index is 11.7. The van der Waals surface area contributed by atoms with Crippen LogP contribution in [0.1, 0.15) is 12.8 Å². The van der Waals surface area contributed by atoms with Crippen molar-refractivity contribution in [3.63, 3.8) is 0 Å². The molecular weight excluding hydrogens is 231 g/mol. The SMILES string of the molecule is FC(F)(F)OCCN1CCC(CCCl)C1. The van der Waals surface area contributed by atoms with Crippen molar-refractivity contribution in [1.82, 2.24) is 4.90 Å². The van der Waals surface area contributed by atoms with Gasteiger partial charge in [0.2, 0.25) is 0 Å². The Hall–Kier alpha value is 0. The van der Waals surface area contributed by atoms with Gasteiger partial charge in [0.05, 0.1) is 6.61 Å². The van der Waals surface area contributed by atoms with Gasteiger partial charge in [0.25, 0.3) is 0 Å². The summed E-state index contributed by atoms with van der Waals surface area (Å²) in [6.45, 7) is 1.76. The lowest BCUT2D eigenvalue weighted by Crippen LogP contribution is -2.28. The molecule has 1 aliphatic rings. The van der Waals surface area contributed by atoms with E-state index < -0.39 is 6.36 Å². The number of nitrogens with zero attached hydrogens (tertiary/aromatic N) is 1. The Kier molecular flexibility index (Phi) is 5.15. The number of ether oxygens (including phenoxy) is 1. The smallest absolute Gasteiger partial charge is 0.301 e. The number of likely N-dealkylation sites (tertiary alicyclic amines) is 1. The Morgan fingerprint density at radius 1 is 1.40 bits per heavy atom. The number of rotatable bonds is 5. The molecule has 0 N–H and O–H groups in total. The van der Waals surface area contributed by atoms with Crippen molar-refractivity contribution in [1.29, 1.82) is 0 Å². The van der Waals surface area contributed by atoms with Crippen molar-refractivity contribution in [3.8, 4) is 0 Å². The molecule has 1 atom stereocenters. The molecule has 6 heteroatoms. The normalized spacial score (nSPS) is 23.6. The van der Waals surface area contributed by atoms with Crippen LogP contribution in [0.4, 0.5) is 13.2 Å². The van der Waals surface area contributed by atoms with Crippen molar-refractivity contribution < 1.29 is 17.9 Å². The summed E-state index contributed by atoms with van der Waals surface area (Å²) in [5.41, 5.74) is 0. The predicted molar refractivity (Wildman–Crippen MR) is 51.9 cm³/mol. The summed E-state index contributed by atoms with van der Waals surface area (Å²) in [5.74, 6) is 1.16. The van der Waals surface area contributed by atoms with Gasteiger partial charge >= 0.3 is 6.36 Å². The summed E-state index contributed by atoms with van der Waals surface area (Å²) in [4.78, 5) is 1.99. The molecule has 2 nitrogen and oxygen atoms in total. The standard InChI is InChI=1S/C9H15ClF3NO/c10-3-1-8-2-4-14(7-8)5-6-15-9(11,12)13/h8H,1-7H2. The van der Waals surface area contributed by atoms with Gasteiger partial charge in [0.1, 0.15) is 0 Å². The third-order valence-corrected chi connectivity index (χ3v) is 2.78. The molecule has 0 amide bonds. The lowest BCUT2D eigenvalue weighted by molar-refractivity contribution is -0.324. The van der Waals surface area contributed by atoms with Crippen molar-refractivity contribution in [3.05, 3.63) is 0 Å².